The van der Waals surface area contributed by atoms with E-state index < -0.39 is 0 Å². The van der Waals surface area contributed by atoms with Crippen molar-refractivity contribution in [2.24, 2.45) is 0 Å². The Hall–Kier alpha value is -2.71. The Balaban J connectivity index is 1.86. The van der Waals surface area contributed by atoms with Crippen LogP contribution in [0.15, 0.2) is 36.4 Å². The summed E-state index contributed by atoms with van der Waals surface area (Å²) in [5.74, 6) is 1.24. The molecule has 2 rings (SSSR count). The van der Waals surface area contributed by atoms with E-state index in [1.54, 1.807) is 6.07 Å². The molecule has 27 heavy (non-hydrogen) atoms. The van der Waals surface area contributed by atoms with Crippen molar-refractivity contribution in [2.75, 3.05) is 19.8 Å². The molecule has 2 aromatic carbocycles. The van der Waals surface area contributed by atoms with Gasteiger partial charge in [-0.1, -0.05) is 17.7 Å². The molecule has 142 valence electrons. The van der Waals surface area contributed by atoms with Gasteiger partial charge in [0.15, 0.2) is 0 Å². The van der Waals surface area contributed by atoms with Crippen LogP contribution >= 0.6 is 11.6 Å². The van der Waals surface area contributed by atoms with Crippen LogP contribution in [0, 0.1) is 25.2 Å². The van der Waals surface area contributed by atoms with Gasteiger partial charge in [0.25, 0.3) is 0 Å². The summed E-state index contributed by atoms with van der Waals surface area (Å²) in [6, 6.07) is 13.3. The van der Waals surface area contributed by atoms with Crippen molar-refractivity contribution < 1.29 is 14.3 Å². The second kappa shape index (κ2) is 10.4. The molecule has 0 bridgehead atoms. The Bertz CT molecular complexity index is 810. The molecule has 0 heterocycles. The van der Waals surface area contributed by atoms with E-state index in [0.717, 1.165) is 22.4 Å². The number of aryl methyl sites for hydroxylation is 2. The first-order valence-corrected chi connectivity index (χ1v) is 9.11. The molecule has 0 aromatic heterocycles. The maximum absolute atomic E-state index is 11.4. The van der Waals surface area contributed by atoms with Gasteiger partial charge in [-0.2, -0.15) is 5.26 Å². The van der Waals surface area contributed by atoms with Gasteiger partial charge >= 0.3 is 0 Å². The number of hydrogen-bond donors (Lipinski definition) is 1. The number of amides is 1. The van der Waals surface area contributed by atoms with Gasteiger partial charge in [0.05, 0.1) is 6.07 Å². The molecular formula is C21H23ClN2O3. The monoisotopic (exact) mass is 386 g/mol. The van der Waals surface area contributed by atoms with Crippen molar-refractivity contribution in [1.82, 2.24) is 5.32 Å². The quantitative estimate of drug-likeness (QED) is 0.661. The van der Waals surface area contributed by atoms with E-state index in [2.05, 4.69) is 11.4 Å². The van der Waals surface area contributed by atoms with Gasteiger partial charge in [-0.15, -0.1) is 0 Å². The third kappa shape index (κ3) is 7.20. The van der Waals surface area contributed by atoms with E-state index in [1.165, 1.54) is 0 Å². The molecule has 0 aliphatic heterocycles. The van der Waals surface area contributed by atoms with E-state index in [-0.39, 0.29) is 12.3 Å². The molecule has 0 spiro atoms. The molecule has 2 aromatic rings. The van der Waals surface area contributed by atoms with Crippen molar-refractivity contribution in [3.8, 4) is 17.6 Å². The molecule has 0 aliphatic carbocycles. The molecule has 0 saturated carbocycles. The predicted molar refractivity (Wildman–Crippen MR) is 105 cm³/mol. The van der Waals surface area contributed by atoms with Gasteiger partial charge in [-0.05, 0) is 67.3 Å². The van der Waals surface area contributed by atoms with E-state index in [4.69, 9.17) is 26.3 Å². The summed E-state index contributed by atoms with van der Waals surface area (Å²) in [5.41, 5.74) is 3.21. The Kier molecular flexibility index (Phi) is 7.97. The zero-order chi connectivity index (χ0) is 19.6. The fraction of sp³-hybridized carbons (Fsp3) is 0.333. The first kappa shape index (κ1) is 20.6. The smallest absolute Gasteiger partial charge is 0.234 e. The fourth-order valence-corrected chi connectivity index (χ4v) is 2.88. The average molecular weight is 387 g/mol. The van der Waals surface area contributed by atoms with Gasteiger partial charge in [0.2, 0.25) is 5.91 Å². The number of ether oxygens (including phenoxy) is 2. The van der Waals surface area contributed by atoms with Crippen LogP contribution in [-0.4, -0.2) is 25.7 Å². The lowest BCUT2D eigenvalue weighted by Crippen LogP contribution is -2.25. The van der Waals surface area contributed by atoms with E-state index in [9.17, 15) is 4.79 Å². The van der Waals surface area contributed by atoms with Crippen molar-refractivity contribution in [2.45, 2.75) is 26.7 Å². The fourth-order valence-electron chi connectivity index (χ4n) is 2.68. The van der Waals surface area contributed by atoms with Gasteiger partial charge in [0.1, 0.15) is 31.1 Å². The zero-order valence-corrected chi connectivity index (χ0v) is 16.3. The SMILES string of the molecule is Cc1cc(C)cc(OCCOc2ccc(Cl)cc2CCNC(=O)CC#N)c1. The summed E-state index contributed by atoms with van der Waals surface area (Å²) in [6.45, 7) is 5.29. The minimum absolute atomic E-state index is 0.144. The van der Waals surface area contributed by atoms with Crippen LogP contribution in [0.1, 0.15) is 23.1 Å². The maximum Gasteiger partial charge on any atom is 0.234 e. The lowest BCUT2D eigenvalue weighted by Gasteiger charge is -2.13. The Morgan fingerprint density at radius 3 is 2.52 bits per heavy atom. The van der Waals surface area contributed by atoms with Gasteiger partial charge < -0.3 is 14.8 Å². The van der Waals surface area contributed by atoms with Crippen molar-refractivity contribution in [1.29, 1.82) is 5.26 Å². The second-order valence-corrected chi connectivity index (χ2v) is 6.64. The minimum Gasteiger partial charge on any atom is -0.490 e. The average Bonchev–Trinajstić information content (AvgIpc) is 2.59. The predicted octanol–water partition coefficient (Wildman–Crippen LogP) is 3.99. The number of carbonyl (C=O) groups excluding carboxylic acids is 1. The highest BCUT2D eigenvalue weighted by atomic mass is 35.5. The number of carbonyl (C=O) groups is 1. The molecule has 5 nitrogen and oxygen atoms in total. The largest absolute Gasteiger partial charge is 0.490 e. The third-order valence-corrected chi connectivity index (χ3v) is 4.02. The molecule has 1 N–H and O–H groups in total. The molecule has 0 radical (unpaired) electrons. The van der Waals surface area contributed by atoms with Crippen LogP contribution in [0.2, 0.25) is 5.02 Å². The van der Waals surface area contributed by atoms with Crippen molar-refractivity contribution in [3.63, 3.8) is 0 Å². The highest BCUT2D eigenvalue weighted by Crippen LogP contribution is 2.23. The molecule has 0 atom stereocenters. The molecule has 6 heteroatoms. The van der Waals surface area contributed by atoms with E-state index in [1.807, 2.05) is 44.2 Å². The number of rotatable bonds is 9. The highest BCUT2D eigenvalue weighted by Gasteiger charge is 2.07. The molecule has 0 unspecified atom stereocenters. The Labute approximate surface area is 164 Å². The maximum atomic E-state index is 11.4. The molecule has 0 fully saturated rings. The Morgan fingerprint density at radius 1 is 1.11 bits per heavy atom. The van der Waals surface area contributed by atoms with Gasteiger partial charge in [-0.3, -0.25) is 4.79 Å². The van der Waals surface area contributed by atoms with Crippen LogP contribution in [-0.2, 0) is 11.2 Å². The molecule has 1 amide bonds. The summed E-state index contributed by atoms with van der Waals surface area (Å²) in [4.78, 5) is 11.4. The number of benzene rings is 2. The van der Waals surface area contributed by atoms with Gasteiger partial charge in [-0.25, -0.2) is 0 Å². The lowest BCUT2D eigenvalue weighted by molar-refractivity contribution is -0.120. The lowest BCUT2D eigenvalue weighted by atomic mass is 10.1. The zero-order valence-electron chi connectivity index (χ0n) is 15.5. The molecule has 0 saturated heterocycles. The Morgan fingerprint density at radius 2 is 1.81 bits per heavy atom. The number of nitrogens with zero attached hydrogens (tertiary/aromatic N) is 1. The number of nitriles is 1. The standard InChI is InChI=1S/C21H23ClN2O3/c1-15-11-16(2)13-19(12-15)26-9-10-27-20-4-3-18(22)14-17(20)6-8-24-21(25)5-7-23/h3-4,11-14H,5-6,8-10H2,1-2H3,(H,24,25). The van der Waals surface area contributed by atoms with Crippen LogP contribution in [0.4, 0.5) is 0 Å². The second-order valence-electron chi connectivity index (χ2n) is 6.21. The van der Waals surface area contributed by atoms with Crippen LogP contribution in [0.5, 0.6) is 11.5 Å². The highest BCUT2D eigenvalue weighted by molar-refractivity contribution is 6.30. The summed E-state index contributed by atoms with van der Waals surface area (Å²) in [6.07, 6.45) is 0.416. The van der Waals surface area contributed by atoms with Crippen molar-refractivity contribution in [3.05, 3.63) is 58.1 Å². The number of nitrogens with one attached hydrogen (secondary N) is 1. The topological polar surface area (TPSA) is 71.3 Å². The summed E-state index contributed by atoms with van der Waals surface area (Å²) in [5, 5.41) is 11.8. The van der Waals surface area contributed by atoms with Crippen LogP contribution in [0.3, 0.4) is 0 Å². The van der Waals surface area contributed by atoms with E-state index in [0.29, 0.717) is 37.0 Å². The van der Waals surface area contributed by atoms with E-state index >= 15 is 0 Å². The third-order valence-electron chi connectivity index (χ3n) is 3.78. The summed E-state index contributed by atoms with van der Waals surface area (Å²) in [7, 11) is 0. The first-order valence-electron chi connectivity index (χ1n) is 8.74. The minimum atomic E-state index is -0.288. The molecule has 0 aliphatic rings. The first-order chi connectivity index (χ1) is 13.0. The number of hydrogen-bond acceptors (Lipinski definition) is 4. The van der Waals surface area contributed by atoms with Crippen LogP contribution in [0.25, 0.3) is 0 Å². The summed E-state index contributed by atoms with van der Waals surface area (Å²) < 4.78 is 11.6. The number of halogens is 1. The normalized spacial score (nSPS) is 10.1. The summed E-state index contributed by atoms with van der Waals surface area (Å²) >= 11 is 6.07. The van der Waals surface area contributed by atoms with Crippen molar-refractivity contribution >= 4 is 17.5 Å². The molecular weight excluding hydrogens is 364 g/mol. The van der Waals surface area contributed by atoms with Crippen LogP contribution < -0.4 is 14.8 Å². The van der Waals surface area contributed by atoms with Gasteiger partial charge in [0, 0.05) is 11.6 Å².